The Morgan fingerprint density at radius 3 is 1.82 bits per heavy atom. The summed E-state index contributed by atoms with van der Waals surface area (Å²) in [5.41, 5.74) is 0. The molecule has 1 aliphatic heterocycles. The molecule has 0 spiro atoms. The van der Waals surface area contributed by atoms with Gasteiger partial charge in [0.1, 0.15) is 0 Å². The summed E-state index contributed by atoms with van der Waals surface area (Å²) in [7, 11) is -3.69. The molecule has 8 heteroatoms. The maximum atomic E-state index is 9.66. The largest absolute Gasteiger partial charge is 0.531 e. The SMILES string of the molecule is C=CC(=O)O.O=P1(O)OOO1. The molecular weight excluding hydrogens is 179 g/mol. The fraction of sp³-hybridized carbons (Fsp3) is 0. The van der Waals surface area contributed by atoms with Crippen molar-refractivity contribution >= 4 is 13.8 Å². The van der Waals surface area contributed by atoms with Gasteiger partial charge in [0, 0.05) is 6.08 Å². The van der Waals surface area contributed by atoms with Gasteiger partial charge in [-0.15, -0.1) is 0 Å². The van der Waals surface area contributed by atoms with Crippen molar-refractivity contribution in [3.05, 3.63) is 12.7 Å². The maximum Gasteiger partial charge on any atom is 0.531 e. The van der Waals surface area contributed by atoms with Crippen LogP contribution in [0.5, 0.6) is 0 Å². The van der Waals surface area contributed by atoms with Crippen molar-refractivity contribution in [3.8, 4) is 0 Å². The Kier molecular flexibility index (Phi) is 3.94. The Labute approximate surface area is 61.3 Å². The van der Waals surface area contributed by atoms with Crippen LogP contribution in [0, 0.1) is 0 Å². The number of hydrogen-bond donors (Lipinski definition) is 2. The Balaban J connectivity index is 0.000000187. The first-order valence-corrected chi connectivity index (χ1v) is 3.70. The van der Waals surface area contributed by atoms with E-state index in [0.29, 0.717) is 0 Å². The zero-order chi connectivity index (χ0) is 8.91. The van der Waals surface area contributed by atoms with Crippen molar-refractivity contribution in [1.29, 1.82) is 0 Å². The van der Waals surface area contributed by atoms with Crippen molar-refractivity contribution in [1.82, 2.24) is 0 Å². The fourth-order valence-electron chi connectivity index (χ4n) is 0.0825. The molecule has 1 rings (SSSR count). The predicted octanol–water partition coefficient (Wildman–Crippen LogP) is 0.237. The number of aliphatic carboxylic acids is 1. The van der Waals surface area contributed by atoms with E-state index in [9.17, 15) is 9.36 Å². The van der Waals surface area contributed by atoms with Crippen molar-refractivity contribution in [2.45, 2.75) is 0 Å². The first kappa shape index (κ1) is 10.3. The number of hydrogen-bond acceptors (Lipinski definition) is 5. The van der Waals surface area contributed by atoms with Gasteiger partial charge in [0.05, 0.1) is 0 Å². The number of carboxylic acids is 1. The van der Waals surface area contributed by atoms with Crippen LogP contribution in [0.3, 0.4) is 0 Å². The van der Waals surface area contributed by atoms with Gasteiger partial charge in [0.25, 0.3) is 0 Å². The van der Waals surface area contributed by atoms with Crippen LogP contribution < -0.4 is 0 Å². The normalized spacial score (nSPS) is 18.6. The minimum Gasteiger partial charge on any atom is -0.478 e. The lowest BCUT2D eigenvalue weighted by atomic mass is 10.7. The van der Waals surface area contributed by atoms with E-state index in [4.69, 9.17) is 10.00 Å². The monoisotopic (exact) mass is 184 g/mol. The highest BCUT2D eigenvalue weighted by molar-refractivity contribution is 7.47. The van der Waals surface area contributed by atoms with Crippen LogP contribution in [0.25, 0.3) is 0 Å². The summed E-state index contributed by atoms with van der Waals surface area (Å²) >= 11 is 0. The van der Waals surface area contributed by atoms with E-state index in [-0.39, 0.29) is 0 Å². The topological polar surface area (TPSA) is 102 Å². The van der Waals surface area contributed by atoms with Crippen molar-refractivity contribution < 1.29 is 33.7 Å². The lowest BCUT2D eigenvalue weighted by molar-refractivity contribution is -0.498. The van der Waals surface area contributed by atoms with Gasteiger partial charge in [0.2, 0.25) is 0 Å². The Bertz CT molecular complexity index is 190. The van der Waals surface area contributed by atoms with E-state index in [2.05, 4.69) is 21.0 Å². The van der Waals surface area contributed by atoms with Crippen LogP contribution >= 0.6 is 7.82 Å². The van der Waals surface area contributed by atoms with E-state index < -0.39 is 13.8 Å². The Morgan fingerprint density at radius 1 is 1.55 bits per heavy atom. The van der Waals surface area contributed by atoms with Crippen LogP contribution in [-0.2, 0) is 23.7 Å². The van der Waals surface area contributed by atoms with E-state index in [1.807, 2.05) is 0 Å². The number of phosphoric acid groups is 1. The average Bonchev–Trinajstić information content (AvgIpc) is 1.86. The van der Waals surface area contributed by atoms with Gasteiger partial charge < -0.3 is 5.11 Å². The van der Waals surface area contributed by atoms with E-state index in [1.54, 1.807) is 0 Å². The van der Waals surface area contributed by atoms with Gasteiger partial charge in [-0.25, -0.2) is 9.36 Å². The Morgan fingerprint density at radius 2 is 1.82 bits per heavy atom. The molecule has 0 bridgehead atoms. The third kappa shape index (κ3) is 5.71. The molecule has 0 atom stereocenters. The lowest BCUT2D eigenvalue weighted by Gasteiger charge is -2.13. The molecule has 11 heavy (non-hydrogen) atoms. The standard InChI is InChI=1S/C3H4O2.HO5P/c1-2-3(4)5;1-6(2)4-3-5-6/h2H,1H2,(H,4,5);(H,1,2). The highest BCUT2D eigenvalue weighted by atomic mass is 31.2. The molecule has 0 aromatic carbocycles. The van der Waals surface area contributed by atoms with E-state index >= 15 is 0 Å². The smallest absolute Gasteiger partial charge is 0.478 e. The highest BCUT2D eigenvalue weighted by Gasteiger charge is 2.35. The lowest BCUT2D eigenvalue weighted by Crippen LogP contribution is -2.04. The summed E-state index contributed by atoms with van der Waals surface area (Å²) in [6, 6.07) is 0. The zero-order valence-corrected chi connectivity index (χ0v) is 6.06. The molecule has 0 saturated carbocycles. The third-order valence-electron chi connectivity index (χ3n) is 0.424. The van der Waals surface area contributed by atoms with Gasteiger partial charge in [-0.2, -0.15) is 0 Å². The van der Waals surface area contributed by atoms with Crippen LogP contribution in [0.1, 0.15) is 0 Å². The van der Waals surface area contributed by atoms with Crippen LogP contribution in [0.4, 0.5) is 0 Å². The molecule has 1 saturated heterocycles. The molecule has 0 unspecified atom stereocenters. The van der Waals surface area contributed by atoms with Crippen molar-refractivity contribution in [2.75, 3.05) is 0 Å². The van der Waals surface area contributed by atoms with Gasteiger partial charge in [-0.05, 0) is 5.04 Å². The molecule has 0 radical (unpaired) electrons. The molecule has 2 N–H and O–H groups in total. The van der Waals surface area contributed by atoms with Gasteiger partial charge in [0.15, 0.2) is 0 Å². The molecule has 1 heterocycles. The summed E-state index contributed by atoms with van der Waals surface area (Å²) in [6.45, 7) is 2.96. The van der Waals surface area contributed by atoms with Gasteiger partial charge >= 0.3 is 13.8 Å². The van der Waals surface area contributed by atoms with Crippen LogP contribution in [0.15, 0.2) is 12.7 Å². The first-order chi connectivity index (χ1) is 4.98. The zero-order valence-electron chi connectivity index (χ0n) is 5.17. The molecule has 1 aliphatic rings. The fourth-order valence-corrected chi connectivity index (χ4v) is 0.247. The summed E-state index contributed by atoms with van der Waals surface area (Å²) in [6.07, 6.45) is 0.833. The number of carboxylic acid groups (broad SMARTS) is 1. The summed E-state index contributed by atoms with van der Waals surface area (Å²) in [5, 5.41) is 11.0. The highest BCUT2D eigenvalue weighted by Crippen LogP contribution is 2.52. The van der Waals surface area contributed by atoms with Crippen molar-refractivity contribution in [3.63, 3.8) is 0 Å². The predicted molar refractivity (Wildman–Crippen MR) is 30.9 cm³/mol. The quantitative estimate of drug-likeness (QED) is 0.341. The molecule has 64 valence electrons. The molecule has 0 aliphatic carbocycles. The van der Waals surface area contributed by atoms with E-state index in [0.717, 1.165) is 6.08 Å². The van der Waals surface area contributed by atoms with Crippen LogP contribution in [0.2, 0.25) is 0 Å². The second-order valence-corrected chi connectivity index (χ2v) is 2.46. The maximum absolute atomic E-state index is 9.66. The molecular formula is C3H5O7P. The van der Waals surface area contributed by atoms with Gasteiger partial charge in [-0.3, -0.25) is 4.89 Å². The van der Waals surface area contributed by atoms with E-state index in [1.165, 1.54) is 0 Å². The number of rotatable bonds is 1. The third-order valence-corrected chi connectivity index (χ3v) is 0.922. The minimum atomic E-state index is -3.69. The molecule has 7 nitrogen and oxygen atoms in total. The molecule has 0 aromatic heterocycles. The second kappa shape index (κ2) is 4.22. The molecule has 0 aromatic rings. The van der Waals surface area contributed by atoms with Gasteiger partial charge in [-0.1, -0.05) is 15.9 Å². The molecule has 0 amide bonds. The van der Waals surface area contributed by atoms with Crippen LogP contribution in [-0.4, -0.2) is 16.0 Å². The second-order valence-electron chi connectivity index (χ2n) is 1.23. The number of carbonyl (C=O) groups is 1. The molecule has 1 fully saturated rings. The summed E-state index contributed by atoms with van der Waals surface area (Å²) < 4.78 is 16.7. The summed E-state index contributed by atoms with van der Waals surface area (Å²) in [5.74, 6) is -0.981. The minimum absolute atomic E-state index is 0.833. The first-order valence-electron chi connectivity index (χ1n) is 2.21. The average molecular weight is 184 g/mol. The van der Waals surface area contributed by atoms with Crippen molar-refractivity contribution in [2.24, 2.45) is 0 Å². The summed E-state index contributed by atoms with van der Waals surface area (Å²) in [4.78, 5) is 17.1. The Hall–Kier alpha value is -0.720.